The maximum atomic E-state index is 13.2. The summed E-state index contributed by atoms with van der Waals surface area (Å²) in [5.41, 5.74) is 1.01. The summed E-state index contributed by atoms with van der Waals surface area (Å²) < 4.78 is 13.2. The van der Waals surface area contributed by atoms with Crippen LogP contribution in [0.25, 0.3) is 10.9 Å². The van der Waals surface area contributed by atoms with Crippen molar-refractivity contribution in [3.8, 4) is 0 Å². The van der Waals surface area contributed by atoms with Crippen LogP contribution in [0.5, 0.6) is 0 Å². The van der Waals surface area contributed by atoms with E-state index in [0.717, 1.165) is 23.9 Å². The first kappa shape index (κ1) is 11.4. The van der Waals surface area contributed by atoms with Crippen molar-refractivity contribution in [3.63, 3.8) is 0 Å². The van der Waals surface area contributed by atoms with Crippen molar-refractivity contribution in [3.05, 3.63) is 40.2 Å². The third kappa shape index (κ3) is 2.03. The zero-order valence-corrected chi connectivity index (χ0v) is 10.1. The van der Waals surface area contributed by atoms with Crippen molar-refractivity contribution in [1.29, 1.82) is 0 Å². The van der Waals surface area contributed by atoms with Crippen molar-refractivity contribution >= 4 is 10.9 Å². The van der Waals surface area contributed by atoms with Gasteiger partial charge in [0.25, 0.3) is 0 Å². The molecule has 2 aromatic rings. The fourth-order valence-corrected chi connectivity index (χ4v) is 2.86. The minimum Gasteiger partial charge on any atom is -0.309 e. The predicted molar refractivity (Wildman–Crippen MR) is 68.1 cm³/mol. The molecule has 0 radical (unpaired) electrons. The molecule has 0 amide bonds. The average molecular weight is 246 g/mol. The van der Waals surface area contributed by atoms with Gasteiger partial charge in [-0.1, -0.05) is 19.3 Å². The van der Waals surface area contributed by atoms with E-state index in [1.165, 1.54) is 31.4 Å². The van der Waals surface area contributed by atoms with E-state index in [9.17, 15) is 9.18 Å². The molecule has 0 aliphatic heterocycles. The van der Waals surface area contributed by atoms with Gasteiger partial charge in [0.2, 0.25) is 0 Å². The minimum atomic E-state index is -0.381. The van der Waals surface area contributed by atoms with Gasteiger partial charge in [-0.25, -0.2) is 9.18 Å². The van der Waals surface area contributed by atoms with Gasteiger partial charge in [0.15, 0.2) is 0 Å². The molecule has 4 heteroatoms. The van der Waals surface area contributed by atoms with Gasteiger partial charge >= 0.3 is 5.69 Å². The van der Waals surface area contributed by atoms with Gasteiger partial charge in [-0.05, 0) is 30.9 Å². The van der Waals surface area contributed by atoms with Crippen molar-refractivity contribution < 1.29 is 4.39 Å². The van der Waals surface area contributed by atoms with E-state index < -0.39 is 0 Å². The van der Waals surface area contributed by atoms with Crippen LogP contribution in [0.1, 0.15) is 43.7 Å². The highest BCUT2D eigenvalue weighted by atomic mass is 19.1. The standard InChI is InChI=1S/C14H15FN2O/c15-10-6-7-11-12(8-10)16-14(18)17-13(11)9-4-2-1-3-5-9/h6-9H,1-5H2,(H,16,17,18). The van der Waals surface area contributed by atoms with Gasteiger partial charge in [0, 0.05) is 17.1 Å². The van der Waals surface area contributed by atoms with E-state index in [1.807, 2.05) is 0 Å². The van der Waals surface area contributed by atoms with Crippen molar-refractivity contribution in [2.45, 2.75) is 38.0 Å². The number of aromatic amines is 1. The second kappa shape index (κ2) is 4.52. The second-order valence-corrected chi connectivity index (χ2v) is 4.95. The van der Waals surface area contributed by atoms with Gasteiger partial charge in [0.05, 0.1) is 5.52 Å². The SMILES string of the molecule is O=c1nc2cc(F)ccc2c(C2CCCCC2)[nH]1. The molecule has 3 nitrogen and oxygen atoms in total. The summed E-state index contributed by atoms with van der Waals surface area (Å²) in [5.74, 6) is 0.0256. The Morgan fingerprint density at radius 1 is 1.22 bits per heavy atom. The molecule has 18 heavy (non-hydrogen) atoms. The molecule has 94 valence electrons. The van der Waals surface area contributed by atoms with Crippen LogP contribution in [-0.2, 0) is 0 Å². The van der Waals surface area contributed by atoms with E-state index >= 15 is 0 Å². The summed E-state index contributed by atoms with van der Waals surface area (Å²) in [5, 5.41) is 0.878. The average Bonchev–Trinajstić information content (AvgIpc) is 2.38. The van der Waals surface area contributed by atoms with Crippen LogP contribution >= 0.6 is 0 Å². The molecule has 1 aromatic carbocycles. The number of nitrogens with zero attached hydrogens (tertiary/aromatic N) is 1. The summed E-state index contributed by atoms with van der Waals surface area (Å²) in [6.07, 6.45) is 5.83. The second-order valence-electron chi connectivity index (χ2n) is 4.95. The van der Waals surface area contributed by atoms with E-state index in [4.69, 9.17) is 0 Å². The smallest absolute Gasteiger partial charge is 0.309 e. The highest BCUT2D eigenvalue weighted by Gasteiger charge is 2.19. The number of nitrogens with one attached hydrogen (secondary N) is 1. The first-order valence-electron chi connectivity index (χ1n) is 6.43. The Balaban J connectivity index is 2.17. The lowest BCUT2D eigenvalue weighted by Gasteiger charge is -2.22. The van der Waals surface area contributed by atoms with Crippen LogP contribution in [0.3, 0.4) is 0 Å². The van der Waals surface area contributed by atoms with E-state index in [-0.39, 0.29) is 11.5 Å². The number of hydrogen-bond donors (Lipinski definition) is 1. The van der Waals surface area contributed by atoms with Crippen LogP contribution in [0.15, 0.2) is 23.0 Å². The number of rotatable bonds is 1. The van der Waals surface area contributed by atoms with E-state index in [2.05, 4.69) is 9.97 Å². The third-order valence-electron chi connectivity index (χ3n) is 3.73. The molecule has 0 atom stereocenters. The molecule has 0 spiro atoms. The fraction of sp³-hybridized carbons (Fsp3) is 0.429. The molecule has 0 saturated heterocycles. The number of benzene rings is 1. The Bertz CT molecular complexity index is 629. The first-order chi connectivity index (χ1) is 8.74. The number of halogens is 1. The van der Waals surface area contributed by atoms with E-state index in [0.29, 0.717) is 11.4 Å². The maximum Gasteiger partial charge on any atom is 0.345 e. The van der Waals surface area contributed by atoms with Crippen LogP contribution < -0.4 is 5.69 Å². The molecule has 0 bridgehead atoms. The number of H-pyrrole nitrogens is 1. The van der Waals surface area contributed by atoms with Crippen molar-refractivity contribution in [2.24, 2.45) is 0 Å². The molecule has 1 heterocycles. The Kier molecular flexibility index (Phi) is 2.86. The largest absolute Gasteiger partial charge is 0.345 e. The van der Waals surface area contributed by atoms with Crippen molar-refractivity contribution in [2.75, 3.05) is 0 Å². The van der Waals surface area contributed by atoms with Gasteiger partial charge < -0.3 is 4.98 Å². The normalized spacial score (nSPS) is 17.2. The highest BCUT2D eigenvalue weighted by molar-refractivity contribution is 5.81. The van der Waals surface area contributed by atoms with E-state index in [1.54, 1.807) is 6.07 Å². The minimum absolute atomic E-state index is 0.352. The monoisotopic (exact) mass is 246 g/mol. The maximum absolute atomic E-state index is 13.2. The van der Waals surface area contributed by atoms with Gasteiger partial charge in [-0.2, -0.15) is 4.98 Å². The number of hydrogen-bond acceptors (Lipinski definition) is 2. The summed E-state index contributed by atoms with van der Waals surface area (Å²) in [6, 6.07) is 4.48. The number of aromatic nitrogens is 2. The summed E-state index contributed by atoms with van der Waals surface area (Å²) in [6.45, 7) is 0. The molecule has 0 unspecified atom stereocenters. The molecule has 1 aromatic heterocycles. The summed E-state index contributed by atoms with van der Waals surface area (Å²) in [7, 11) is 0. The predicted octanol–water partition coefficient (Wildman–Crippen LogP) is 3.11. The van der Waals surface area contributed by atoms with Crippen LogP contribution in [0.4, 0.5) is 4.39 Å². The topological polar surface area (TPSA) is 45.8 Å². The Hall–Kier alpha value is -1.71. The van der Waals surface area contributed by atoms with Crippen LogP contribution in [0, 0.1) is 5.82 Å². The molecule has 1 saturated carbocycles. The zero-order chi connectivity index (χ0) is 12.5. The molecule has 3 rings (SSSR count). The lowest BCUT2D eigenvalue weighted by Crippen LogP contribution is -2.17. The van der Waals surface area contributed by atoms with Gasteiger partial charge in [0.1, 0.15) is 5.82 Å². The third-order valence-corrected chi connectivity index (χ3v) is 3.73. The number of fused-ring (bicyclic) bond motifs is 1. The highest BCUT2D eigenvalue weighted by Crippen LogP contribution is 2.34. The molecular weight excluding hydrogens is 231 g/mol. The summed E-state index contributed by atoms with van der Waals surface area (Å²) in [4.78, 5) is 18.3. The Labute approximate surface area is 104 Å². The molecule has 1 aliphatic rings. The molecule has 1 aliphatic carbocycles. The first-order valence-corrected chi connectivity index (χ1v) is 6.43. The van der Waals surface area contributed by atoms with Crippen molar-refractivity contribution in [1.82, 2.24) is 9.97 Å². The van der Waals surface area contributed by atoms with Gasteiger partial charge in [-0.3, -0.25) is 0 Å². The quantitative estimate of drug-likeness (QED) is 0.840. The molecule has 1 fully saturated rings. The Morgan fingerprint density at radius 3 is 2.78 bits per heavy atom. The summed E-state index contributed by atoms with van der Waals surface area (Å²) >= 11 is 0. The van der Waals surface area contributed by atoms with Gasteiger partial charge in [-0.15, -0.1) is 0 Å². The van der Waals surface area contributed by atoms with Crippen LogP contribution in [0.2, 0.25) is 0 Å². The lowest BCUT2D eigenvalue weighted by atomic mass is 9.85. The zero-order valence-electron chi connectivity index (χ0n) is 10.1. The fourth-order valence-electron chi connectivity index (χ4n) is 2.86. The molecular formula is C14H15FN2O. The molecule has 1 N–H and O–H groups in total. The van der Waals surface area contributed by atoms with Crippen LogP contribution in [-0.4, -0.2) is 9.97 Å². The lowest BCUT2D eigenvalue weighted by molar-refractivity contribution is 0.438. The Morgan fingerprint density at radius 2 is 2.00 bits per heavy atom.